The van der Waals surface area contributed by atoms with Crippen molar-refractivity contribution in [2.75, 3.05) is 34.4 Å². The van der Waals surface area contributed by atoms with Crippen molar-refractivity contribution >= 4 is 5.97 Å². The third-order valence-electron chi connectivity index (χ3n) is 1.33. The summed E-state index contributed by atoms with van der Waals surface area (Å²) in [7, 11) is 6.00. The van der Waals surface area contributed by atoms with Gasteiger partial charge in [-0.2, -0.15) is 0 Å². The Bertz CT molecular complexity index is 283. The minimum absolute atomic E-state index is 0.0493. The Morgan fingerprint density at radius 3 is 2.19 bits per heavy atom. The van der Waals surface area contributed by atoms with Gasteiger partial charge in [0, 0.05) is 0 Å². The van der Waals surface area contributed by atoms with E-state index in [9.17, 15) is 4.79 Å². The second-order valence-corrected chi connectivity index (χ2v) is 3.57. The Kier molecular flexibility index (Phi) is 8.11. The number of carbonyl (C=O) groups excluding carboxylic acids is 1. The summed E-state index contributed by atoms with van der Waals surface area (Å²) in [4.78, 5) is 13.1. The zero-order chi connectivity index (χ0) is 12.4. The van der Waals surface area contributed by atoms with Crippen molar-refractivity contribution in [2.45, 2.75) is 0 Å². The predicted octanol–water partition coefficient (Wildman–Crippen LogP) is 1.01. The zero-order valence-electron chi connectivity index (χ0n) is 10.0. The number of hydrogen-bond donors (Lipinski definition) is 1. The lowest BCUT2D eigenvalue weighted by Gasteiger charge is -2.00. The van der Waals surface area contributed by atoms with E-state index in [1.807, 2.05) is 32.1 Å². The minimum Gasteiger partial charge on any atom is -0.460 e. The standard InChI is InChI=1S/C9H10O3.C3H9N/c10-6-7-12-9(11)8-4-2-1-3-5-8;1-4(2)3/h1-5,10H,6-7H2;1-3H3. The van der Waals surface area contributed by atoms with E-state index in [1.54, 1.807) is 24.3 Å². The number of carbonyl (C=O) groups is 1. The number of benzene rings is 1. The maximum Gasteiger partial charge on any atom is 0.338 e. The summed E-state index contributed by atoms with van der Waals surface area (Å²) >= 11 is 0. The van der Waals surface area contributed by atoms with Crippen LogP contribution in [0.15, 0.2) is 30.3 Å². The van der Waals surface area contributed by atoms with Gasteiger partial charge >= 0.3 is 5.97 Å². The van der Waals surface area contributed by atoms with Gasteiger partial charge in [0.2, 0.25) is 0 Å². The molecule has 0 heterocycles. The predicted molar refractivity (Wildman–Crippen MR) is 63.4 cm³/mol. The second kappa shape index (κ2) is 8.88. The summed E-state index contributed by atoms with van der Waals surface area (Å²) in [6.07, 6.45) is 0. The molecule has 4 nitrogen and oxygen atoms in total. The lowest BCUT2D eigenvalue weighted by Crippen LogP contribution is -2.08. The molecule has 0 saturated heterocycles. The van der Waals surface area contributed by atoms with Gasteiger partial charge in [0.25, 0.3) is 0 Å². The normalized spacial score (nSPS) is 9.31. The molecule has 4 heteroatoms. The van der Waals surface area contributed by atoms with Crippen LogP contribution in [-0.2, 0) is 4.74 Å². The Morgan fingerprint density at radius 2 is 1.75 bits per heavy atom. The molecule has 1 aromatic carbocycles. The molecule has 0 aliphatic rings. The molecule has 16 heavy (non-hydrogen) atoms. The highest BCUT2D eigenvalue weighted by atomic mass is 16.5. The number of rotatable bonds is 3. The molecule has 0 amide bonds. The van der Waals surface area contributed by atoms with E-state index in [4.69, 9.17) is 5.11 Å². The SMILES string of the molecule is CN(C)C.O=C(OCCO)c1ccccc1. The van der Waals surface area contributed by atoms with Crippen molar-refractivity contribution in [2.24, 2.45) is 0 Å². The van der Waals surface area contributed by atoms with Gasteiger partial charge in [0.05, 0.1) is 12.2 Å². The Labute approximate surface area is 96.5 Å². The van der Waals surface area contributed by atoms with Crippen LogP contribution in [0.1, 0.15) is 10.4 Å². The van der Waals surface area contributed by atoms with E-state index in [0.717, 1.165) is 0 Å². The number of nitrogens with zero attached hydrogens (tertiary/aromatic N) is 1. The molecule has 1 aromatic rings. The van der Waals surface area contributed by atoms with Crippen molar-refractivity contribution < 1.29 is 14.6 Å². The minimum atomic E-state index is -0.398. The van der Waals surface area contributed by atoms with E-state index in [2.05, 4.69) is 4.74 Å². The van der Waals surface area contributed by atoms with Gasteiger partial charge in [-0.1, -0.05) is 18.2 Å². The van der Waals surface area contributed by atoms with Gasteiger partial charge in [-0.3, -0.25) is 0 Å². The Balaban J connectivity index is 0.000000487. The molecule has 0 saturated carbocycles. The average molecular weight is 225 g/mol. The van der Waals surface area contributed by atoms with Gasteiger partial charge in [-0.25, -0.2) is 4.79 Å². The Morgan fingerprint density at radius 1 is 1.25 bits per heavy atom. The van der Waals surface area contributed by atoms with Gasteiger partial charge in [0.15, 0.2) is 0 Å². The number of ether oxygens (including phenoxy) is 1. The highest BCUT2D eigenvalue weighted by molar-refractivity contribution is 5.89. The summed E-state index contributed by atoms with van der Waals surface area (Å²) in [5, 5.41) is 8.38. The van der Waals surface area contributed by atoms with Gasteiger partial charge in [0.1, 0.15) is 6.61 Å². The molecule has 1 N–H and O–H groups in total. The fourth-order valence-corrected chi connectivity index (χ4v) is 0.796. The summed E-state index contributed by atoms with van der Waals surface area (Å²) in [5.74, 6) is -0.398. The molecule has 0 atom stereocenters. The lowest BCUT2D eigenvalue weighted by molar-refractivity contribution is 0.0434. The molecular weight excluding hydrogens is 206 g/mol. The molecule has 90 valence electrons. The summed E-state index contributed by atoms with van der Waals surface area (Å²) < 4.78 is 4.69. The topological polar surface area (TPSA) is 49.8 Å². The molecule has 0 fully saturated rings. The number of hydrogen-bond acceptors (Lipinski definition) is 4. The molecule has 0 aliphatic heterocycles. The Hall–Kier alpha value is -1.39. The van der Waals surface area contributed by atoms with Crippen LogP contribution in [0.4, 0.5) is 0 Å². The lowest BCUT2D eigenvalue weighted by atomic mass is 10.2. The maximum atomic E-state index is 11.1. The molecule has 0 aliphatic carbocycles. The highest BCUT2D eigenvalue weighted by Crippen LogP contribution is 2.00. The van der Waals surface area contributed by atoms with Crippen LogP contribution < -0.4 is 0 Å². The smallest absolute Gasteiger partial charge is 0.338 e. The summed E-state index contributed by atoms with van der Waals surface area (Å²) in [6.45, 7) is -0.0910. The summed E-state index contributed by atoms with van der Waals surface area (Å²) in [6, 6.07) is 8.67. The van der Waals surface area contributed by atoms with Gasteiger partial charge in [-0.05, 0) is 33.3 Å². The van der Waals surface area contributed by atoms with E-state index in [0.29, 0.717) is 5.56 Å². The van der Waals surface area contributed by atoms with Crippen molar-refractivity contribution in [3.63, 3.8) is 0 Å². The fourth-order valence-electron chi connectivity index (χ4n) is 0.796. The average Bonchev–Trinajstić information content (AvgIpc) is 2.26. The first-order chi connectivity index (χ1) is 7.57. The molecule has 0 aromatic heterocycles. The first kappa shape index (κ1) is 14.6. The summed E-state index contributed by atoms with van der Waals surface area (Å²) in [5.41, 5.74) is 0.506. The van der Waals surface area contributed by atoms with Crippen LogP contribution in [0.5, 0.6) is 0 Å². The van der Waals surface area contributed by atoms with Crippen LogP contribution in [0.2, 0.25) is 0 Å². The molecule has 0 radical (unpaired) electrons. The molecular formula is C12H19NO3. The van der Waals surface area contributed by atoms with E-state index < -0.39 is 5.97 Å². The van der Waals surface area contributed by atoms with Crippen molar-refractivity contribution in [1.29, 1.82) is 0 Å². The molecule has 0 unspecified atom stereocenters. The number of aliphatic hydroxyl groups excluding tert-OH is 1. The van der Waals surface area contributed by atoms with Crippen LogP contribution in [0.25, 0.3) is 0 Å². The van der Waals surface area contributed by atoms with Crippen LogP contribution in [0.3, 0.4) is 0 Å². The first-order valence-electron chi connectivity index (χ1n) is 5.02. The number of esters is 1. The maximum absolute atomic E-state index is 11.1. The monoisotopic (exact) mass is 225 g/mol. The van der Waals surface area contributed by atoms with Crippen molar-refractivity contribution in [3.05, 3.63) is 35.9 Å². The quantitative estimate of drug-likeness (QED) is 0.780. The van der Waals surface area contributed by atoms with E-state index in [-0.39, 0.29) is 13.2 Å². The highest BCUT2D eigenvalue weighted by Gasteiger charge is 2.03. The molecule has 1 rings (SSSR count). The van der Waals surface area contributed by atoms with E-state index in [1.165, 1.54) is 0 Å². The second-order valence-electron chi connectivity index (χ2n) is 3.57. The van der Waals surface area contributed by atoms with Crippen molar-refractivity contribution in [3.8, 4) is 0 Å². The molecule has 0 spiro atoms. The van der Waals surface area contributed by atoms with E-state index >= 15 is 0 Å². The zero-order valence-corrected chi connectivity index (χ0v) is 10.0. The molecule has 0 bridgehead atoms. The van der Waals surface area contributed by atoms with Gasteiger partial charge in [-0.15, -0.1) is 0 Å². The number of aliphatic hydroxyl groups is 1. The van der Waals surface area contributed by atoms with Crippen LogP contribution in [0, 0.1) is 0 Å². The fraction of sp³-hybridized carbons (Fsp3) is 0.417. The third kappa shape index (κ3) is 7.96. The van der Waals surface area contributed by atoms with Crippen LogP contribution in [-0.4, -0.2) is 50.3 Å². The first-order valence-corrected chi connectivity index (χ1v) is 5.02. The largest absolute Gasteiger partial charge is 0.460 e. The van der Waals surface area contributed by atoms with Crippen molar-refractivity contribution in [1.82, 2.24) is 4.90 Å². The van der Waals surface area contributed by atoms with Gasteiger partial charge < -0.3 is 14.7 Å². The third-order valence-corrected chi connectivity index (χ3v) is 1.33. The van der Waals surface area contributed by atoms with Crippen LogP contribution >= 0.6 is 0 Å².